The van der Waals surface area contributed by atoms with Crippen LogP contribution in [0.2, 0.25) is 5.02 Å². The molecule has 0 fully saturated rings. The first-order chi connectivity index (χ1) is 12.8. The van der Waals surface area contributed by atoms with Gasteiger partial charge in [-0.05, 0) is 55.8 Å². The molecular formula is C20H22ClNO5. The highest BCUT2D eigenvalue weighted by Crippen LogP contribution is 2.32. The summed E-state index contributed by atoms with van der Waals surface area (Å²) in [6.07, 6.45) is -0.879. The summed E-state index contributed by atoms with van der Waals surface area (Å²) in [5.74, 6) is 1.44. The Bertz CT molecular complexity index is 807. The Morgan fingerprint density at radius 3 is 2.56 bits per heavy atom. The van der Waals surface area contributed by atoms with Gasteiger partial charge in [0.2, 0.25) is 0 Å². The van der Waals surface area contributed by atoms with Crippen molar-refractivity contribution in [3.8, 4) is 17.2 Å². The zero-order valence-corrected chi connectivity index (χ0v) is 16.0. The van der Waals surface area contributed by atoms with E-state index in [4.69, 9.17) is 25.8 Å². The number of fused-ring (bicyclic) bond motifs is 1. The van der Waals surface area contributed by atoms with E-state index < -0.39 is 11.7 Å². The van der Waals surface area contributed by atoms with E-state index in [9.17, 15) is 9.90 Å². The molecule has 0 aromatic heterocycles. The van der Waals surface area contributed by atoms with Gasteiger partial charge in [-0.2, -0.15) is 0 Å². The van der Waals surface area contributed by atoms with Crippen molar-refractivity contribution in [2.24, 2.45) is 0 Å². The zero-order valence-electron chi connectivity index (χ0n) is 15.2. The average molecular weight is 392 g/mol. The minimum atomic E-state index is -1.11. The van der Waals surface area contributed by atoms with Gasteiger partial charge in [0.15, 0.2) is 17.1 Å². The van der Waals surface area contributed by atoms with E-state index in [1.54, 1.807) is 56.3 Å². The van der Waals surface area contributed by atoms with Crippen LogP contribution < -0.4 is 19.5 Å². The molecule has 1 atom stereocenters. The largest absolute Gasteiger partial charge is 0.486 e. The molecule has 0 radical (unpaired) electrons. The van der Waals surface area contributed by atoms with Gasteiger partial charge in [0, 0.05) is 11.6 Å². The summed E-state index contributed by atoms with van der Waals surface area (Å²) in [7, 11) is 0. The smallest absolute Gasteiger partial charge is 0.263 e. The maximum absolute atomic E-state index is 12.5. The number of hydrogen-bond acceptors (Lipinski definition) is 5. The summed E-state index contributed by atoms with van der Waals surface area (Å²) in [6.45, 7) is 4.35. The number of nitrogens with one attached hydrogen (secondary N) is 1. The van der Waals surface area contributed by atoms with Crippen LogP contribution in [0.3, 0.4) is 0 Å². The monoisotopic (exact) mass is 391 g/mol. The van der Waals surface area contributed by atoms with E-state index >= 15 is 0 Å². The van der Waals surface area contributed by atoms with Crippen LogP contribution in [0.15, 0.2) is 42.5 Å². The van der Waals surface area contributed by atoms with Crippen LogP contribution in [0.5, 0.6) is 17.2 Å². The van der Waals surface area contributed by atoms with E-state index in [0.717, 1.165) is 0 Å². The van der Waals surface area contributed by atoms with Gasteiger partial charge in [-0.15, -0.1) is 0 Å². The normalized spacial score (nSPS) is 14.4. The maximum atomic E-state index is 12.5. The Morgan fingerprint density at radius 2 is 1.85 bits per heavy atom. The Hall–Kier alpha value is -2.44. The highest BCUT2D eigenvalue weighted by atomic mass is 35.5. The summed E-state index contributed by atoms with van der Waals surface area (Å²) < 4.78 is 16.7. The predicted octanol–water partition coefficient (Wildman–Crippen LogP) is 3.12. The zero-order chi connectivity index (χ0) is 19.4. The predicted molar refractivity (Wildman–Crippen MR) is 102 cm³/mol. The third kappa shape index (κ3) is 4.84. The molecule has 0 bridgehead atoms. The molecule has 1 amide bonds. The number of carbonyl (C=O) groups is 1. The molecule has 144 valence electrons. The van der Waals surface area contributed by atoms with Crippen LogP contribution in [0.1, 0.15) is 25.5 Å². The van der Waals surface area contributed by atoms with Gasteiger partial charge in [-0.3, -0.25) is 4.79 Å². The lowest BCUT2D eigenvalue weighted by Crippen LogP contribution is -2.47. The van der Waals surface area contributed by atoms with Crippen LogP contribution in [-0.4, -0.2) is 36.4 Å². The van der Waals surface area contributed by atoms with Crippen molar-refractivity contribution in [3.05, 3.63) is 53.1 Å². The van der Waals surface area contributed by atoms with Crippen molar-refractivity contribution in [1.29, 1.82) is 0 Å². The number of ether oxygens (including phenoxy) is 3. The number of halogens is 1. The molecule has 1 aliphatic rings. The Balaban J connectivity index is 1.58. The summed E-state index contributed by atoms with van der Waals surface area (Å²) >= 11 is 5.85. The standard InChI is InChI=1S/C20H22ClNO5/c1-20(2,27-15-6-4-14(21)5-7-15)19(24)22-12-16(23)13-3-8-17-18(11-13)26-10-9-25-17/h3-8,11,16,23H,9-10,12H2,1-2H3,(H,22,24)/t16-/m0/s1. The lowest BCUT2D eigenvalue weighted by Gasteiger charge is -2.26. The van der Waals surface area contributed by atoms with Gasteiger partial charge in [0.25, 0.3) is 5.91 Å². The molecule has 0 saturated carbocycles. The molecule has 2 aromatic rings. The van der Waals surface area contributed by atoms with Gasteiger partial charge in [-0.1, -0.05) is 17.7 Å². The van der Waals surface area contributed by atoms with Crippen molar-refractivity contribution in [3.63, 3.8) is 0 Å². The highest BCUT2D eigenvalue weighted by molar-refractivity contribution is 6.30. The second-order valence-corrected chi connectivity index (χ2v) is 7.13. The summed E-state index contributed by atoms with van der Waals surface area (Å²) in [5, 5.41) is 13.7. The lowest BCUT2D eigenvalue weighted by molar-refractivity contribution is -0.134. The number of hydrogen-bond donors (Lipinski definition) is 2. The van der Waals surface area contributed by atoms with Gasteiger partial charge in [0.05, 0.1) is 6.10 Å². The Morgan fingerprint density at radius 1 is 1.19 bits per heavy atom. The van der Waals surface area contributed by atoms with Crippen LogP contribution in [0.25, 0.3) is 0 Å². The summed E-state index contributed by atoms with van der Waals surface area (Å²) in [4.78, 5) is 12.5. The van der Waals surface area contributed by atoms with Crippen LogP contribution in [-0.2, 0) is 4.79 Å². The van der Waals surface area contributed by atoms with Crippen molar-refractivity contribution >= 4 is 17.5 Å². The van der Waals surface area contributed by atoms with Crippen LogP contribution in [0.4, 0.5) is 0 Å². The first-order valence-electron chi connectivity index (χ1n) is 8.66. The van der Waals surface area contributed by atoms with Crippen molar-refractivity contribution in [2.45, 2.75) is 25.6 Å². The minimum Gasteiger partial charge on any atom is -0.486 e. The highest BCUT2D eigenvalue weighted by Gasteiger charge is 2.30. The third-order valence-electron chi connectivity index (χ3n) is 4.14. The minimum absolute atomic E-state index is 0.0475. The average Bonchev–Trinajstić information content (AvgIpc) is 2.67. The first-order valence-corrected chi connectivity index (χ1v) is 9.03. The fourth-order valence-corrected chi connectivity index (χ4v) is 2.76. The molecule has 2 aromatic carbocycles. The number of rotatable bonds is 6. The molecule has 0 spiro atoms. The molecule has 0 saturated heterocycles. The molecule has 0 unspecified atom stereocenters. The molecular weight excluding hydrogens is 370 g/mol. The van der Waals surface area contributed by atoms with Crippen LogP contribution >= 0.6 is 11.6 Å². The van der Waals surface area contributed by atoms with E-state index in [2.05, 4.69) is 5.32 Å². The second-order valence-electron chi connectivity index (χ2n) is 6.70. The number of aliphatic hydroxyl groups excluding tert-OH is 1. The Kier molecular flexibility index (Phi) is 5.77. The molecule has 2 N–H and O–H groups in total. The molecule has 1 aliphatic heterocycles. The van der Waals surface area contributed by atoms with E-state index in [0.29, 0.717) is 41.0 Å². The van der Waals surface area contributed by atoms with Gasteiger partial charge >= 0.3 is 0 Å². The topological polar surface area (TPSA) is 77.0 Å². The van der Waals surface area contributed by atoms with Crippen molar-refractivity contribution in [1.82, 2.24) is 5.32 Å². The SMILES string of the molecule is CC(C)(Oc1ccc(Cl)cc1)C(=O)NC[C@H](O)c1ccc2c(c1)OCCO2. The fraction of sp³-hybridized carbons (Fsp3) is 0.350. The molecule has 6 nitrogen and oxygen atoms in total. The molecule has 7 heteroatoms. The quantitative estimate of drug-likeness (QED) is 0.791. The third-order valence-corrected chi connectivity index (χ3v) is 4.39. The van der Waals surface area contributed by atoms with Crippen LogP contribution in [0, 0.1) is 0 Å². The first kappa shape index (κ1) is 19.3. The van der Waals surface area contributed by atoms with Crippen molar-refractivity contribution in [2.75, 3.05) is 19.8 Å². The van der Waals surface area contributed by atoms with E-state index in [1.165, 1.54) is 0 Å². The number of benzene rings is 2. The second kappa shape index (κ2) is 8.06. The molecule has 0 aliphatic carbocycles. The Labute approximate surface area is 163 Å². The molecule has 3 rings (SSSR count). The van der Waals surface area contributed by atoms with E-state index in [-0.39, 0.29) is 12.5 Å². The lowest BCUT2D eigenvalue weighted by atomic mass is 10.1. The maximum Gasteiger partial charge on any atom is 0.263 e. The van der Waals surface area contributed by atoms with Gasteiger partial charge < -0.3 is 24.6 Å². The summed E-state index contributed by atoms with van der Waals surface area (Å²) in [5.41, 5.74) is -0.476. The molecule has 1 heterocycles. The number of carbonyl (C=O) groups excluding carboxylic acids is 1. The summed E-state index contributed by atoms with van der Waals surface area (Å²) in [6, 6.07) is 12.0. The van der Waals surface area contributed by atoms with E-state index in [1.807, 2.05) is 0 Å². The fourth-order valence-electron chi connectivity index (χ4n) is 2.63. The van der Waals surface area contributed by atoms with Gasteiger partial charge in [-0.25, -0.2) is 0 Å². The van der Waals surface area contributed by atoms with Gasteiger partial charge in [0.1, 0.15) is 19.0 Å². The number of amides is 1. The van der Waals surface area contributed by atoms with Crippen molar-refractivity contribution < 1.29 is 24.1 Å². The number of aliphatic hydroxyl groups is 1. The molecule has 27 heavy (non-hydrogen) atoms.